The number of carbonyl (C=O) groups excluding carboxylic acids is 1. The topological polar surface area (TPSA) is 88.0 Å². The maximum atomic E-state index is 12.5. The Hall–Kier alpha value is -2.02. The van der Waals surface area contributed by atoms with Crippen molar-refractivity contribution in [3.8, 4) is 0 Å². The summed E-state index contributed by atoms with van der Waals surface area (Å²) < 4.78 is 0. The minimum atomic E-state index is -0.395. The van der Waals surface area contributed by atoms with Crippen LogP contribution < -0.4 is 16.6 Å². The Labute approximate surface area is 145 Å². The van der Waals surface area contributed by atoms with Gasteiger partial charge in [-0.3, -0.25) is 9.59 Å². The van der Waals surface area contributed by atoms with Gasteiger partial charge in [0.1, 0.15) is 9.71 Å². The number of aromatic amines is 1. The van der Waals surface area contributed by atoms with Crippen molar-refractivity contribution in [3.63, 3.8) is 0 Å². The summed E-state index contributed by atoms with van der Waals surface area (Å²) in [5, 5.41) is 4.18. The van der Waals surface area contributed by atoms with Crippen molar-refractivity contribution in [2.45, 2.75) is 6.92 Å². The molecule has 4 N–H and O–H groups in total. The van der Waals surface area contributed by atoms with Crippen molar-refractivity contribution < 1.29 is 4.79 Å². The van der Waals surface area contributed by atoms with Crippen LogP contribution in [0.1, 0.15) is 15.2 Å². The number of nitrogen functional groups attached to an aromatic ring is 1. The Bertz CT molecular complexity index is 994. The number of benzene rings is 1. The Balaban J connectivity index is 2.03. The predicted molar refractivity (Wildman–Crippen MR) is 96.0 cm³/mol. The molecule has 3 rings (SSSR count). The van der Waals surface area contributed by atoms with Gasteiger partial charge in [0.2, 0.25) is 5.56 Å². The normalized spacial score (nSPS) is 10.9. The number of amides is 1. The smallest absolute Gasteiger partial charge is 0.267 e. The van der Waals surface area contributed by atoms with Crippen LogP contribution in [0.15, 0.2) is 29.1 Å². The summed E-state index contributed by atoms with van der Waals surface area (Å²) in [4.78, 5) is 27.6. The van der Waals surface area contributed by atoms with Crippen LogP contribution in [0.25, 0.3) is 10.2 Å². The molecule has 0 radical (unpaired) electrons. The lowest BCUT2D eigenvalue weighted by Crippen LogP contribution is -2.12. The first kappa shape index (κ1) is 15.9. The van der Waals surface area contributed by atoms with Crippen LogP contribution in [0.5, 0.6) is 0 Å². The van der Waals surface area contributed by atoms with E-state index in [-0.39, 0.29) is 5.56 Å². The summed E-state index contributed by atoms with van der Waals surface area (Å²) in [6.07, 6.45) is 0. The van der Waals surface area contributed by atoms with Gasteiger partial charge in [-0.1, -0.05) is 23.2 Å². The molecule has 2 aromatic heterocycles. The quantitative estimate of drug-likeness (QED) is 0.638. The van der Waals surface area contributed by atoms with Gasteiger partial charge in [-0.25, -0.2) is 0 Å². The molecule has 2 heterocycles. The first-order valence-electron chi connectivity index (χ1n) is 6.55. The van der Waals surface area contributed by atoms with E-state index >= 15 is 0 Å². The Kier molecular flexibility index (Phi) is 4.06. The molecule has 23 heavy (non-hydrogen) atoms. The van der Waals surface area contributed by atoms with E-state index in [0.717, 1.165) is 16.9 Å². The van der Waals surface area contributed by atoms with E-state index < -0.39 is 5.91 Å². The molecule has 0 aliphatic rings. The van der Waals surface area contributed by atoms with Gasteiger partial charge < -0.3 is 16.0 Å². The van der Waals surface area contributed by atoms with Gasteiger partial charge in [0, 0.05) is 16.5 Å². The number of nitrogens with one attached hydrogen (secondary N) is 2. The van der Waals surface area contributed by atoms with Crippen LogP contribution in [-0.2, 0) is 0 Å². The summed E-state index contributed by atoms with van der Waals surface area (Å²) in [6, 6.07) is 6.22. The molecule has 0 atom stereocenters. The van der Waals surface area contributed by atoms with Crippen molar-refractivity contribution in [1.82, 2.24) is 4.98 Å². The van der Waals surface area contributed by atoms with Gasteiger partial charge >= 0.3 is 0 Å². The molecule has 5 nitrogen and oxygen atoms in total. The number of rotatable bonds is 2. The molecule has 3 aromatic rings. The third-order valence-corrected chi connectivity index (χ3v) is 4.98. The predicted octanol–water partition coefficient (Wildman–Crippen LogP) is 4.04. The van der Waals surface area contributed by atoms with Crippen molar-refractivity contribution in [2.75, 3.05) is 11.1 Å². The molecule has 0 spiro atoms. The second-order valence-corrected chi connectivity index (χ2v) is 6.81. The number of carbonyl (C=O) groups is 1. The zero-order chi connectivity index (χ0) is 16.7. The lowest BCUT2D eigenvalue weighted by atomic mass is 10.1. The fourth-order valence-corrected chi connectivity index (χ4v) is 3.82. The van der Waals surface area contributed by atoms with Gasteiger partial charge in [-0.2, -0.15) is 0 Å². The maximum absolute atomic E-state index is 12.5. The summed E-state index contributed by atoms with van der Waals surface area (Å²) in [5.41, 5.74) is 7.34. The highest BCUT2D eigenvalue weighted by molar-refractivity contribution is 7.21. The standard InChI is InChI=1S/C15H11Cl2N3O2S/c1-6-4-10(21)20-15-11(6)12(18)13(23-15)14(22)19-9-3-2-7(16)5-8(9)17/h2-5H,18H2,1H3,(H,19,22)(H,20,21). The van der Waals surface area contributed by atoms with Gasteiger partial charge in [0.15, 0.2) is 0 Å². The number of H-pyrrole nitrogens is 1. The first-order valence-corrected chi connectivity index (χ1v) is 8.12. The number of fused-ring (bicyclic) bond motifs is 1. The van der Waals surface area contributed by atoms with E-state index in [4.69, 9.17) is 28.9 Å². The van der Waals surface area contributed by atoms with Crippen LogP contribution in [0.4, 0.5) is 11.4 Å². The van der Waals surface area contributed by atoms with E-state index in [1.54, 1.807) is 19.1 Å². The zero-order valence-electron chi connectivity index (χ0n) is 11.9. The molecule has 0 fully saturated rings. The van der Waals surface area contributed by atoms with Crippen LogP contribution in [0, 0.1) is 6.92 Å². The number of hydrogen-bond donors (Lipinski definition) is 3. The lowest BCUT2D eigenvalue weighted by Gasteiger charge is -2.07. The number of hydrogen-bond acceptors (Lipinski definition) is 4. The average molecular weight is 368 g/mol. The molecule has 0 saturated carbocycles. The monoisotopic (exact) mass is 367 g/mol. The number of aromatic nitrogens is 1. The van der Waals surface area contributed by atoms with Gasteiger partial charge in [0.05, 0.1) is 16.4 Å². The SMILES string of the molecule is Cc1cc(=O)[nH]c2sc(C(=O)Nc3ccc(Cl)cc3Cl)c(N)c12. The fraction of sp³-hybridized carbons (Fsp3) is 0.0667. The molecule has 1 aromatic carbocycles. The lowest BCUT2D eigenvalue weighted by molar-refractivity contribution is 0.103. The molecule has 0 saturated heterocycles. The molecule has 1 amide bonds. The fourth-order valence-electron chi connectivity index (χ4n) is 2.28. The average Bonchev–Trinajstić information content (AvgIpc) is 2.79. The molecular formula is C15H11Cl2N3O2S. The summed E-state index contributed by atoms with van der Waals surface area (Å²) >= 11 is 13.0. The third kappa shape index (κ3) is 2.93. The van der Waals surface area contributed by atoms with E-state index in [0.29, 0.717) is 36.5 Å². The largest absolute Gasteiger partial charge is 0.397 e. The maximum Gasteiger partial charge on any atom is 0.267 e. The number of pyridine rings is 1. The minimum Gasteiger partial charge on any atom is -0.397 e. The summed E-state index contributed by atoms with van der Waals surface area (Å²) in [6.45, 7) is 1.78. The molecular weight excluding hydrogens is 357 g/mol. The second-order valence-electron chi connectivity index (χ2n) is 4.94. The molecule has 0 bridgehead atoms. The third-order valence-electron chi connectivity index (χ3n) is 3.31. The Morgan fingerprint density at radius 3 is 2.74 bits per heavy atom. The molecule has 0 aliphatic carbocycles. The molecule has 8 heteroatoms. The summed E-state index contributed by atoms with van der Waals surface area (Å²) in [5.74, 6) is -0.395. The van der Waals surface area contributed by atoms with Crippen molar-refractivity contribution >= 4 is 62.0 Å². The molecule has 118 valence electrons. The first-order chi connectivity index (χ1) is 10.9. The molecule has 0 unspecified atom stereocenters. The number of anilines is 2. The number of halogens is 2. The van der Waals surface area contributed by atoms with Crippen molar-refractivity contribution in [3.05, 3.63) is 55.1 Å². The van der Waals surface area contributed by atoms with Crippen LogP contribution in [-0.4, -0.2) is 10.9 Å². The van der Waals surface area contributed by atoms with Crippen molar-refractivity contribution in [2.24, 2.45) is 0 Å². The number of aryl methyl sites for hydroxylation is 1. The van der Waals surface area contributed by atoms with E-state index in [1.165, 1.54) is 12.1 Å². The van der Waals surface area contributed by atoms with Gasteiger partial charge in [0.25, 0.3) is 5.91 Å². The number of thiophene rings is 1. The number of nitrogens with two attached hydrogens (primary N) is 1. The second kappa shape index (κ2) is 5.88. The van der Waals surface area contributed by atoms with Crippen LogP contribution >= 0.6 is 34.5 Å². The zero-order valence-corrected chi connectivity index (χ0v) is 14.2. The van der Waals surface area contributed by atoms with Crippen LogP contribution in [0.2, 0.25) is 10.0 Å². The molecule has 0 aliphatic heterocycles. The van der Waals surface area contributed by atoms with Gasteiger partial charge in [-0.15, -0.1) is 11.3 Å². The van der Waals surface area contributed by atoms with E-state index in [9.17, 15) is 9.59 Å². The highest BCUT2D eigenvalue weighted by Crippen LogP contribution is 2.34. The Morgan fingerprint density at radius 1 is 1.30 bits per heavy atom. The minimum absolute atomic E-state index is 0.232. The highest BCUT2D eigenvalue weighted by Gasteiger charge is 2.19. The van der Waals surface area contributed by atoms with E-state index in [2.05, 4.69) is 10.3 Å². The van der Waals surface area contributed by atoms with E-state index in [1.807, 2.05) is 0 Å². The summed E-state index contributed by atoms with van der Waals surface area (Å²) in [7, 11) is 0. The van der Waals surface area contributed by atoms with Crippen LogP contribution in [0.3, 0.4) is 0 Å². The van der Waals surface area contributed by atoms with Gasteiger partial charge in [-0.05, 0) is 30.7 Å². The van der Waals surface area contributed by atoms with Crippen molar-refractivity contribution in [1.29, 1.82) is 0 Å². The highest BCUT2D eigenvalue weighted by atomic mass is 35.5. The Morgan fingerprint density at radius 2 is 2.04 bits per heavy atom.